The number of methoxy groups -OCH3 is 2. The van der Waals surface area contributed by atoms with Crippen LogP contribution in [0.5, 0.6) is 11.5 Å². The molecule has 0 radical (unpaired) electrons. The van der Waals surface area contributed by atoms with Crippen molar-refractivity contribution in [2.24, 2.45) is 4.99 Å². The normalized spacial score (nSPS) is 10.9. The van der Waals surface area contributed by atoms with Crippen LogP contribution in [0.4, 0.5) is 0 Å². The second-order valence-corrected chi connectivity index (χ2v) is 7.10. The molecule has 0 aliphatic carbocycles. The molecule has 0 bridgehead atoms. The molecule has 2 N–H and O–H groups in total. The Morgan fingerprint density at radius 1 is 1.15 bits per heavy atom. The molecule has 1 heterocycles. The van der Waals surface area contributed by atoms with E-state index in [2.05, 4.69) is 41.4 Å². The van der Waals surface area contributed by atoms with Gasteiger partial charge in [0.05, 0.1) is 31.5 Å². The van der Waals surface area contributed by atoms with E-state index in [9.17, 15) is 0 Å². The second kappa shape index (κ2) is 12.0. The van der Waals surface area contributed by atoms with E-state index in [1.807, 2.05) is 18.2 Å². The van der Waals surface area contributed by atoms with E-state index >= 15 is 0 Å². The fourth-order valence-corrected chi connectivity index (χ4v) is 3.36. The highest BCUT2D eigenvalue weighted by molar-refractivity contribution is 14.0. The average molecular weight is 504 g/mol. The maximum Gasteiger partial charge on any atom is 0.191 e. The first kappa shape index (κ1) is 23.5. The van der Waals surface area contributed by atoms with Crippen molar-refractivity contribution >= 4 is 41.3 Å². The van der Waals surface area contributed by atoms with Gasteiger partial charge in [0.2, 0.25) is 0 Å². The maximum atomic E-state index is 5.35. The number of halogens is 1. The van der Waals surface area contributed by atoms with Crippen LogP contribution in [0.3, 0.4) is 0 Å². The van der Waals surface area contributed by atoms with Crippen LogP contribution in [0.1, 0.15) is 28.1 Å². The topological polar surface area (TPSA) is 67.8 Å². The second-order valence-electron chi connectivity index (χ2n) is 5.81. The van der Waals surface area contributed by atoms with E-state index in [1.54, 1.807) is 25.6 Å². The third kappa shape index (κ3) is 7.17. The predicted molar refractivity (Wildman–Crippen MR) is 123 cm³/mol. The number of guanidine groups is 1. The molecule has 1 aromatic heterocycles. The summed E-state index contributed by atoms with van der Waals surface area (Å²) in [6, 6.07) is 5.85. The third-order valence-corrected chi connectivity index (χ3v) is 5.05. The van der Waals surface area contributed by atoms with Crippen molar-refractivity contribution < 1.29 is 9.47 Å². The van der Waals surface area contributed by atoms with Gasteiger partial charge in [0.25, 0.3) is 0 Å². The Bertz CT molecular complexity index is 730. The first-order valence-corrected chi connectivity index (χ1v) is 9.55. The van der Waals surface area contributed by atoms with E-state index < -0.39 is 0 Å². The van der Waals surface area contributed by atoms with Crippen LogP contribution in [-0.4, -0.2) is 38.3 Å². The molecule has 2 aromatic rings. The summed E-state index contributed by atoms with van der Waals surface area (Å²) in [4.78, 5) is 10.5. The van der Waals surface area contributed by atoms with Gasteiger partial charge in [-0.3, -0.25) is 0 Å². The zero-order valence-corrected chi connectivity index (χ0v) is 19.7. The zero-order chi connectivity index (χ0) is 18.9. The van der Waals surface area contributed by atoms with Gasteiger partial charge in [0.15, 0.2) is 17.5 Å². The van der Waals surface area contributed by atoms with Crippen molar-refractivity contribution in [3.8, 4) is 11.5 Å². The molecule has 0 aliphatic heterocycles. The van der Waals surface area contributed by atoms with Crippen molar-refractivity contribution in [2.45, 2.75) is 33.7 Å². The number of rotatable bonds is 8. The van der Waals surface area contributed by atoms with Gasteiger partial charge in [0.1, 0.15) is 0 Å². The Balaban J connectivity index is 0.00000364. The Morgan fingerprint density at radius 2 is 1.89 bits per heavy atom. The molecule has 0 unspecified atom stereocenters. The SMILES string of the molecule is CCNC(=NCc1ccc(OC)c(OC)c1)NCCc1nc(C)c(C)s1.I. The summed E-state index contributed by atoms with van der Waals surface area (Å²) in [5.74, 6) is 2.24. The molecule has 0 saturated heterocycles. The van der Waals surface area contributed by atoms with Crippen molar-refractivity contribution in [1.29, 1.82) is 0 Å². The molecular formula is C19H29IN4O2S. The fraction of sp³-hybridized carbons (Fsp3) is 0.474. The van der Waals surface area contributed by atoms with Gasteiger partial charge < -0.3 is 20.1 Å². The lowest BCUT2D eigenvalue weighted by atomic mass is 10.2. The number of hydrogen-bond acceptors (Lipinski definition) is 5. The Morgan fingerprint density at radius 3 is 2.48 bits per heavy atom. The minimum Gasteiger partial charge on any atom is -0.493 e. The Hall–Kier alpha value is -1.55. The summed E-state index contributed by atoms with van der Waals surface area (Å²) in [6.07, 6.45) is 0.889. The summed E-state index contributed by atoms with van der Waals surface area (Å²) in [5, 5.41) is 7.80. The fourth-order valence-electron chi connectivity index (χ4n) is 2.43. The van der Waals surface area contributed by atoms with Gasteiger partial charge in [-0.25, -0.2) is 9.98 Å². The van der Waals surface area contributed by atoms with Gasteiger partial charge in [-0.05, 0) is 38.5 Å². The molecule has 2 rings (SSSR count). The van der Waals surface area contributed by atoms with E-state index in [4.69, 9.17) is 9.47 Å². The summed E-state index contributed by atoms with van der Waals surface area (Å²) in [7, 11) is 3.27. The Kier molecular flexibility index (Phi) is 10.5. The lowest BCUT2D eigenvalue weighted by Crippen LogP contribution is -2.38. The first-order chi connectivity index (χ1) is 12.6. The van der Waals surface area contributed by atoms with E-state index in [0.29, 0.717) is 12.3 Å². The van der Waals surface area contributed by atoms with Crippen LogP contribution in [0, 0.1) is 13.8 Å². The van der Waals surface area contributed by atoms with Crippen LogP contribution >= 0.6 is 35.3 Å². The molecule has 27 heavy (non-hydrogen) atoms. The van der Waals surface area contributed by atoms with E-state index in [0.717, 1.165) is 47.5 Å². The molecule has 0 aliphatic rings. The number of aryl methyl sites for hydroxylation is 2. The van der Waals surface area contributed by atoms with Gasteiger partial charge in [0, 0.05) is 24.4 Å². The third-order valence-electron chi connectivity index (χ3n) is 3.92. The molecule has 150 valence electrons. The standard InChI is InChI=1S/C19H28N4O2S.HI/c1-6-20-19(21-10-9-18-23-13(2)14(3)26-18)22-12-15-7-8-16(24-4)17(11-15)25-5;/h7-8,11H,6,9-10,12H2,1-5H3,(H2,20,21,22);1H. The van der Waals surface area contributed by atoms with Crippen molar-refractivity contribution in [3.05, 3.63) is 39.3 Å². The van der Waals surface area contributed by atoms with E-state index in [1.165, 1.54) is 4.88 Å². The summed E-state index contributed by atoms with van der Waals surface area (Å²) < 4.78 is 10.6. The minimum atomic E-state index is 0. The monoisotopic (exact) mass is 504 g/mol. The number of aromatic nitrogens is 1. The maximum absolute atomic E-state index is 5.35. The van der Waals surface area contributed by atoms with Gasteiger partial charge in [-0.15, -0.1) is 35.3 Å². The number of nitrogens with one attached hydrogen (secondary N) is 2. The molecule has 0 spiro atoms. The highest BCUT2D eigenvalue weighted by atomic mass is 127. The average Bonchev–Trinajstić information content (AvgIpc) is 2.97. The largest absolute Gasteiger partial charge is 0.493 e. The number of nitrogens with zero attached hydrogens (tertiary/aromatic N) is 2. The number of aliphatic imine (C=N–C) groups is 1. The van der Waals surface area contributed by atoms with Crippen molar-refractivity contribution in [2.75, 3.05) is 27.3 Å². The number of hydrogen-bond donors (Lipinski definition) is 2. The molecule has 0 saturated carbocycles. The molecule has 1 aromatic carbocycles. The molecule has 6 nitrogen and oxygen atoms in total. The van der Waals surface area contributed by atoms with Gasteiger partial charge in [-0.2, -0.15) is 0 Å². The van der Waals surface area contributed by atoms with Crippen LogP contribution in [0.2, 0.25) is 0 Å². The highest BCUT2D eigenvalue weighted by Crippen LogP contribution is 2.27. The molecular weight excluding hydrogens is 475 g/mol. The molecule has 8 heteroatoms. The van der Waals surface area contributed by atoms with Crippen LogP contribution in [-0.2, 0) is 13.0 Å². The lowest BCUT2D eigenvalue weighted by molar-refractivity contribution is 0.354. The summed E-state index contributed by atoms with van der Waals surface area (Å²) >= 11 is 1.76. The van der Waals surface area contributed by atoms with Crippen molar-refractivity contribution in [1.82, 2.24) is 15.6 Å². The highest BCUT2D eigenvalue weighted by Gasteiger charge is 2.06. The number of benzene rings is 1. The van der Waals surface area contributed by atoms with Crippen molar-refractivity contribution in [3.63, 3.8) is 0 Å². The molecule has 0 fully saturated rings. The van der Waals surface area contributed by atoms with E-state index in [-0.39, 0.29) is 24.0 Å². The Labute approximate surface area is 182 Å². The number of ether oxygens (including phenoxy) is 2. The zero-order valence-electron chi connectivity index (χ0n) is 16.6. The van der Waals surface area contributed by atoms with Gasteiger partial charge in [-0.1, -0.05) is 6.07 Å². The quantitative estimate of drug-likeness (QED) is 0.326. The summed E-state index contributed by atoms with van der Waals surface area (Å²) in [6.45, 7) is 8.39. The smallest absolute Gasteiger partial charge is 0.191 e. The first-order valence-electron chi connectivity index (χ1n) is 8.73. The molecule has 0 amide bonds. The van der Waals surface area contributed by atoms with Gasteiger partial charge >= 0.3 is 0 Å². The van der Waals surface area contributed by atoms with Crippen LogP contribution in [0.25, 0.3) is 0 Å². The predicted octanol–water partition coefficient (Wildman–Crippen LogP) is 3.69. The summed E-state index contributed by atoms with van der Waals surface area (Å²) in [5.41, 5.74) is 2.19. The lowest BCUT2D eigenvalue weighted by Gasteiger charge is -2.11. The van der Waals surface area contributed by atoms with Crippen LogP contribution in [0.15, 0.2) is 23.2 Å². The number of thiazole rings is 1. The van der Waals surface area contributed by atoms with Crippen LogP contribution < -0.4 is 20.1 Å². The molecule has 0 atom stereocenters. The minimum absolute atomic E-state index is 0.